The molecule has 0 saturated heterocycles. The van der Waals surface area contributed by atoms with Crippen LogP contribution in [0.2, 0.25) is 0 Å². The van der Waals surface area contributed by atoms with E-state index in [1.165, 1.54) is 16.7 Å². The van der Waals surface area contributed by atoms with Crippen LogP contribution in [0.25, 0.3) is 0 Å². The van der Waals surface area contributed by atoms with E-state index in [-0.39, 0.29) is 17.6 Å². The monoisotopic (exact) mass is 512 g/mol. The molecule has 2 heterocycles. The number of hydrogen-bond acceptors (Lipinski definition) is 4. The molecule has 0 atom stereocenters. The molecule has 0 bridgehead atoms. The Kier molecular flexibility index (Phi) is 6.91. The summed E-state index contributed by atoms with van der Waals surface area (Å²) in [5.41, 5.74) is 7.62. The summed E-state index contributed by atoms with van der Waals surface area (Å²) in [5.74, 6) is 1.29. The van der Waals surface area contributed by atoms with Gasteiger partial charge in [-0.1, -0.05) is 75.4 Å². The number of amides is 2. The van der Waals surface area contributed by atoms with E-state index in [1.807, 2.05) is 18.2 Å². The van der Waals surface area contributed by atoms with Crippen molar-refractivity contribution in [3.8, 4) is 11.5 Å². The van der Waals surface area contributed by atoms with Crippen LogP contribution in [0.4, 0.5) is 9.59 Å². The zero-order valence-corrected chi connectivity index (χ0v) is 23.0. The molecule has 0 aliphatic carbocycles. The average Bonchev–Trinajstić information content (AvgIpc) is 2.89. The molecule has 0 fully saturated rings. The molecule has 5 rings (SSSR count). The summed E-state index contributed by atoms with van der Waals surface area (Å²) in [4.78, 5) is 28.5. The van der Waals surface area contributed by atoms with Gasteiger partial charge < -0.3 is 19.3 Å². The van der Waals surface area contributed by atoms with Crippen molar-refractivity contribution in [2.45, 2.75) is 65.0 Å². The Balaban J connectivity index is 1.55. The van der Waals surface area contributed by atoms with E-state index in [1.54, 1.807) is 23.9 Å². The molecule has 2 amide bonds. The highest BCUT2D eigenvalue weighted by Gasteiger charge is 2.36. The summed E-state index contributed by atoms with van der Waals surface area (Å²) in [6.45, 7) is 7.48. The second-order valence-electron chi connectivity index (χ2n) is 11.5. The first-order valence-electron chi connectivity index (χ1n) is 13.3. The highest BCUT2D eigenvalue weighted by Crippen LogP contribution is 2.45. The fourth-order valence-corrected chi connectivity index (χ4v) is 5.31. The molecule has 0 unspecified atom stereocenters. The Bertz CT molecular complexity index is 1360. The van der Waals surface area contributed by atoms with E-state index in [9.17, 15) is 9.59 Å². The van der Waals surface area contributed by atoms with Crippen LogP contribution in [0.5, 0.6) is 11.5 Å². The van der Waals surface area contributed by atoms with Crippen molar-refractivity contribution in [2.24, 2.45) is 0 Å². The minimum Gasteiger partial charge on any atom is -0.410 e. The van der Waals surface area contributed by atoms with Gasteiger partial charge in [0.05, 0.1) is 13.1 Å². The summed E-state index contributed by atoms with van der Waals surface area (Å²) in [6.07, 6.45) is 2.24. The predicted molar refractivity (Wildman–Crippen MR) is 148 cm³/mol. The van der Waals surface area contributed by atoms with Gasteiger partial charge in [0.1, 0.15) is 11.5 Å². The summed E-state index contributed by atoms with van der Waals surface area (Å²) in [5, 5.41) is 0. The molecule has 38 heavy (non-hydrogen) atoms. The number of carbonyl (C=O) groups is 2. The third-order valence-electron chi connectivity index (χ3n) is 7.61. The zero-order chi connectivity index (χ0) is 27.0. The van der Waals surface area contributed by atoms with Crippen molar-refractivity contribution in [3.63, 3.8) is 0 Å². The first-order chi connectivity index (χ1) is 18.1. The lowest BCUT2D eigenvalue weighted by Crippen LogP contribution is -2.38. The average molecular weight is 513 g/mol. The quantitative estimate of drug-likeness (QED) is 0.381. The second kappa shape index (κ2) is 10.2. The molecule has 2 aliphatic rings. The predicted octanol–water partition coefficient (Wildman–Crippen LogP) is 6.44. The number of hydrogen-bond donors (Lipinski definition) is 0. The van der Waals surface area contributed by atoms with E-state index in [2.05, 4.69) is 57.2 Å². The number of aryl methyl sites for hydroxylation is 2. The number of ether oxygens (including phenoxy) is 2. The van der Waals surface area contributed by atoms with Gasteiger partial charge >= 0.3 is 12.2 Å². The Morgan fingerprint density at radius 3 is 1.55 bits per heavy atom. The molecule has 0 radical (unpaired) electrons. The highest BCUT2D eigenvalue weighted by molar-refractivity contribution is 5.79. The number of fused-ring (bicyclic) bond motifs is 2. The van der Waals surface area contributed by atoms with Crippen LogP contribution >= 0.6 is 0 Å². The molecule has 2 aliphatic heterocycles. The van der Waals surface area contributed by atoms with Gasteiger partial charge in [0, 0.05) is 36.3 Å². The smallest absolute Gasteiger partial charge is 0.410 e. The SMILES string of the molecule is CN1Cc2c(CCc3ccc(C(C)(C)C)cc3)c3c(c(CCc4ccccc4)c2OC1=O)CN(C)C(=O)O3. The van der Waals surface area contributed by atoms with Crippen LogP contribution in [-0.4, -0.2) is 36.1 Å². The molecule has 6 heteroatoms. The Hall–Kier alpha value is -3.80. The van der Waals surface area contributed by atoms with Gasteiger partial charge in [-0.3, -0.25) is 0 Å². The fraction of sp³-hybridized carbons (Fsp3) is 0.375. The molecule has 198 valence electrons. The van der Waals surface area contributed by atoms with E-state index >= 15 is 0 Å². The van der Waals surface area contributed by atoms with Crippen LogP contribution in [0.3, 0.4) is 0 Å². The van der Waals surface area contributed by atoms with Gasteiger partial charge in [0.15, 0.2) is 0 Å². The highest BCUT2D eigenvalue weighted by atomic mass is 16.6. The second-order valence-corrected chi connectivity index (χ2v) is 11.5. The van der Waals surface area contributed by atoms with Crippen LogP contribution in [0.1, 0.15) is 59.7 Å². The normalized spacial score (nSPS) is 15.1. The lowest BCUT2D eigenvalue weighted by atomic mass is 9.85. The van der Waals surface area contributed by atoms with Crippen LogP contribution < -0.4 is 9.47 Å². The molecular formula is C32H36N2O4. The fourth-order valence-electron chi connectivity index (χ4n) is 5.31. The minimum atomic E-state index is -0.358. The van der Waals surface area contributed by atoms with Gasteiger partial charge in [-0.2, -0.15) is 0 Å². The molecule has 0 spiro atoms. The number of benzene rings is 3. The molecular weight excluding hydrogens is 476 g/mol. The maximum Gasteiger partial charge on any atom is 0.415 e. The number of rotatable bonds is 6. The van der Waals surface area contributed by atoms with Gasteiger partial charge in [-0.15, -0.1) is 0 Å². The Morgan fingerprint density at radius 2 is 1.11 bits per heavy atom. The first kappa shape index (κ1) is 25.8. The topological polar surface area (TPSA) is 59.1 Å². The zero-order valence-electron chi connectivity index (χ0n) is 23.0. The van der Waals surface area contributed by atoms with Crippen LogP contribution in [-0.2, 0) is 44.2 Å². The van der Waals surface area contributed by atoms with Crippen molar-refractivity contribution in [3.05, 3.63) is 93.5 Å². The van der Waals surface area contributed by atoms with Crippen molar-refractivity contribution >= 4 is 12.2 Å². The maximum atomic E-state index is 12.7. The lowest BCUT2D eigenvalue weighted by molar-refractivity contribution is 0.143. The number of nitrogens with zero attached hydrogens (tertiary/aromatic N) is 2. The van der Waals surface area contributed by atoms with E-state index < -0.39 is 0 Å². The molecule has 3 aromatic rings. The third-order valence-corrected chi connectivity index (χ3v) is 7.61. The summed E-state index contributed by atoms with van der Waals surface area (Å²) in [6, 6.07) is 19.0. The van der Waals surface area contributed by atoms with E-state index in [0.717, 1.165) is 35.1 Å². The molecule has 0 aromatic heterocycles. The lowest BCUT2D eigenvalue weighted by Gasteiger charge is -2.34. The van der Waals surface area contributed by atoms with Crippen LogP contribution in [0, 0.1) is 0 Å². The van der Waals surface area contributed by atoms with Gasteiger partial charge in [-0.25, -0.2) is 9.59 Å². The third kappa shape index (κ3) is 5.13. The van der Waals surface area contributed by atoms with Gasteiger partial charge in [0.2, 0.25) is 0 Å². The molecule has 6 nitrogen and oxygen atoms in total. The van der Waals surface area contributed by atoms with E-state index in [4.69, 9.17) is 9.47 Å². The Labute approximate surface area is 225 Å². The summed E-state index contributed by atoms with van der Waals surface area (Å²) in [7, 11) is 3.48. The van der Waals surface area contributed by atoms with E-state index in [0.29, 0.717) is 37.4 Å². The van der Waals surface area contributed by atoms with Crippen molar-refractivity contribution in [1.82, 2.24) is 9.80 Å². The molecule has 0 N–H and O–H groups in total. The van der Waals surface area contributed by atoms with Crippen molar-refractivity contribution < 1.29 is 19.1 Å². The molecule has 0 saturated carbocycles. The first-order valence-corrected chi connectivity index (χ1v) is 13.3. The largest absolute Gasteiger partial charge is 0.415 e. The summed E-state index contributed by atoms with van der Waals surface area (Å²) < 4.78 is 11.9. The minimum absolute atomic E-state index is 0.0982. The standard InChI is InChI=1S/C32H36N2O4/c1-32(2,3)23-15-11-22(12-16-23)14-18-25-27-20-34(5)30(35)37-28(27)24(17-13-21-9-7-6-8-10-21)26-19-33(4)31(36)38-29(25)26/h6-12,15-16H,13-14,17-20H2,1-5H3. The van der Waals surface area contributed by atoms with Gasteiger partial charge in [0.25, 0.3) is 0 Å². The van der Waals surface area contributed by atoms with Gasteiger partial charge in [-0.05, 0) is 47.8 Å². The summed E-state index contributed by atoms with van der Waals surface area (Å²) >= 11 is 0. The van der Waals surface area contributed by atoms with Crippen molar-refractivity contribution in [2.75, 3.05) is 14.1 Å². The molecule has 3 aromatic carbocycles. The maximum absolute atomic E-state index is 12.7. The Morgan fingerprint density at radius 1 is 0.658 bits per heavy atom. The van der Waals surface area contributed by atoms with Crippen molar-refractivity contribution in [1.29, 1.82) is 0 Å². The number of carbonyl (C=O) groups excluding carboxylic acids is 2. The van der Waals surface area contributed by atoms with Crippen LogP contribution in [0.15, 0.2) is 54.6 Å².